The van der Waals surface area contributed by atoms with Gasteiger partial charge >= 0.3 is 0 Å². The molecule has 2 aromatic heterocycles. The third kappa shape index (κ3) is 4.50. The second-order valence-electron chi connectivity index (χ2n) is 7.53. The monoisotopic (exact) mass is 414 g/mol. The predicted molar refractivity (Wildman–Crippen MR) is 125 cm³/mol. The Morgan fingerprint density at radius 3 is 2.42 bits per heavy atom. The van der Waals surface area contributed by atoms with E-state index in [-0.39, 0.29) is 5.91 Å². The lowest BCUT2D eigenvalue weighted by molar-refractivity contribution is -0.118. The van der Waals surface area contributed by atoms with Crippen LogP contribution < -0.4 is 16.0 Å². The highest BCUT2D eigenvalue weighted by atomic mass is 16.1. The highest BCUT2D eigenvalue weighted by molar-refractivity contribution is 5.94. The summed E-state index contributed by atoms with van der Waals surface area (Å²) < 4.78 is 0. The van der Waals surface area contributed by atoms with Crippen molar-refractivity contribution in [1.82, 2.24) is 20.3 Å². The van der Waals surface area contributed by atoms with Crippen molar-refractivity contribution < 1.29 is 4.79 Å². The standard InChI is InChI=1S/C24H26N6O/c1-16(31)26-14-13-19-21-22(25)20(15-30(2)18-11-7-4-8-12-18)28-24(21)29-23(27-19)17-9-5-3-6-10-17/h3-12H,13-15,25H2,1-2H3,(H,26,31)(H,27,28,29). The van der Waals surface area contributed by atoms with Crippen molar-refractivity contribution in [1.29, 1.82) is 0 Å². The highest BCUT2D eigenvalue weighted by Gasteiger charge is 2.18. The second-order valence-corrected chi connectivity index (χ2v) is 7.53. The molecular formula is C24H26N6O. The van der Waals surface area contributed by atoms with Gasteiger partial charge in [-0.15, -0.1) is 0 Å². The number of anilines is 2. The van der Waals surface area contributed by atoms with E-state index in [4.69, 9.17) is 15.7 Å². The normalized spacial score (nSPS) is 10.9. The molecule has 4 rings (SSSR count). The summed E-state index contributed by atoms with van der Waals surface area (Å²) in [6.07, 6.45) is 0.564. The van der Waals surface area contributed by atoms with Crippen molar-refractivity contribution in [2.75, 3.05) is 24.2 Å². The van der Waals surface area contributed by atoms with Gasteiger partial charge in [-0.1, -0.05) is 48.5 Å². The van der Waals surface area contributed by atoms with Crippen LogP contribution in [0.1, 0.15) is 18.3 Å². The zero-order chi connectivity index (χ0) is 21.8. The lowest BCUT2D eigenvalue weighted by Gasteiger charge is -2.18. The number of rotatable bonds is 7. The average Bonchev–Trinajstić information content (AvgIpc) is 3.10. The number of nitrogen functional groups attached to an aromatic ring is 1. The number of amides is 1. The Morgan fingerprint density at radius 1 is 1.06 bits per heavy atom. The molecule has 7 nitrogen and oxygen atoms in total. The minimum absolute atomic E-state index is 0.0687. The summed E-state index contributed by atoms with van der Waals surface area (Å²) in [5.41, 5.74) is 11.7. The maximum Gasteiger partial charge on any atom is 0.216 e. The van der Waals surface area contributed by atoms with Crippen LogP contribution in [-0.2, 0) is 17.8 Å². The van der Waals surface area contributed by atoms with E-state index in [1.54, 1.807) is 0 Å². The van der Waals surface area contributed by atoms with Crippen molar-refractivity contribution in [2.45, 2.75) is 19.9 Å². The summed E-state index contributed by atoms with van der Waals surface area (Å²) in [5.74, 6) is 0.566. The molecule has 4 N–H and O–H groups in total. The van der Waals surface area contributed by atoms with Crippen molar-refractivity contribution in [3.63, 3.8) is 0 Å². The highest BCUT2D eigenvalue weighted by Crippen LogP contribution is 2.30. The van der Waals surface area contributed by atoms with Crippen LogP contribution in [0.5, 0.6) is 0 Å². The van der Waals surface area contributed by atoms with E-state index in [9.17, 15) is 4.79 Å². The molecule has 0 radical (unpaired) electrons. The van der Waals surface area contributed by atoms with Crippen LogP contribution in [0.3, 0.4) is 0 Å². The number of aromatic nitrogens is 3. The Hall–Kier alpha value is -3.87. The van der Waals surface area contributed by atoms with Gasteiger partial charge in [0.2, 0.25) is 5.91 Å². The lowest BCUT2D eigenvalue weighted by Crippen LogP contribution is -2.23. The van der Waals surface area contributed by atoms with Gasteiger partial charge in [-0.05, 0) is 12.1 Å². The molecule has 1 amide bonds. The van der Waals surface area contributed by atoms with Gasteiger partial charge in [0.05, 0.1) is 29.0 Å². The number of nitrogens with two attached hydrogens (primary N) is 1. The zero-order valence-corrected chi connectivity index (χ0v) is 17.7. The van der Waals surface area contributed by atoms with Crippen molar-refractivity contribution in [3.05, 3.63) is 72.1 Å². The molecule has 0 fully saturated rings. The molecule has 158 valence electrons. The van der Waals surface area contributed by atoms with Gasteiger partial charge in [0, 0.05) is 38.2 Å². The number of fused-ring (bicyclic) bond motifs is 1. The molecule has 7 heteroatoms. The molecule has 31 heavy (non-hydrogen) atoms. The van der Waals surface area contributed by atoms with E-state index < -0.39 is 0 Å². The third-order valence-electron chi connectivity index (χ3n) is 5.21. The smallest absolute Gasteiger partial charge is 0.216 e. The number of hydrogen-bond donors (Lipinski definition) is 3. The molecule has 2 aromatic carbocycles. The largest absolute Gasteiger partial charge is 0.397 e. The fourth-order valence-corrected chi connectivity index (χ4v) is 3.63. The molecule has 0 bridgehead atoms. The quantitative estimate of drug-likeness (QED) is 0.430. The second kappa shape index (κ2) is 8.87. The Bertz CT molecular complexity index is 1190. The average molecular weight is 415 g/mol. The lowest BCUT2D eigenvalue weighted by atomic mass is 10.1. The van der Waals surface area contributed by atoms with Gasteiger partial charge < -0.3 is 20.9 Å². The summed E-state index contributed by atoms with van der Waals surface area (Å²) >= 11 is 0. The molecule has 2 heterocycles. The Kier molecular flexibility index (Phi) is 5.84. The molecule has 0 saturated heterocycles. The molecule has 0 aliphatic heterocycles. The predicted octanol–water partition coefficient (Wildman–Crippen LogP) is 3.52. The molecule has 0 unspecified atom stereocenters. The first kappa shape index (κ1) is 20.4. The first-order chi connectivity index (χ1) is 15.0. The molecule has 0 aliphatic carbocycles. The van der Waals surface area contributed by atoms with Crippen LogP contribution in [-0.4, -0.2) is 34.5 Å². The number of nitrogens with one attached hydrogen (secondary N) is 2. The van der Waals surface area contributed by atoms with Crippen LogP contribution in [0.15, 0.2) is 60.7 Å². The summed E-state index contributed by atoms with van der Waals surface area (Å²) in [7, 11) is 2.03. The molecule has 0 saturated carbocycles. The Morgan fingerprint density at radius 2 is 1.74 bits per heavy atom. The molecule has 4 aromatic rings. The fraction of sp³-hybridized carbons (Fsp3) is 0.208. The number of carbonyl (C=O) groups excluding carboxylic acids is 1. The maximum atomic E-state index is 11.3. The van der Waals surface area contributed by atoms with Gasteiger partial charge in [-0.2, -0.15) is 0 Å². The summed E-state index contributed by atoms with van der Waals surface area (Å²) in [6, 6.07) is 20.0. The minimum atomic E-state index is -0.0687. The number of carbonyl (C=O) groups is 1. The molecule has 0 aliphatic rings. The van der Waals surface area contributed by atoms with E-state index in [0.29, 0.717) is 36.7 Å². The SMILES string of the molecule is CC(=O)NCCc1nc(-c2ccccc2)nc2[nH]c(CN(C)c3ccccc3)c(N)c12. The van der Waals surface area contributed by atoms with Crippen molar-refractivity contribution >= 4 is 28.3 Å². The van der Waals surface area contributed by atoms with E-state index in [1.165, 1.54) is 6.92 Å². The summed E-state index contributed by atoms with van der Waals surface area (Å²) in [6.45, 7) is 2.60. The first-order valence-electron chi connectivity index (χ1n) is 10.3. The number of aromatic amines is 1. The van der Waals surface area contributed by atoms with Crippen LogP contribution in [0.2, 0.25) is 0 Å². The fourth-order valence-electron chi connectivity index (χ4n) is 3.63. The zero-order valence-electron chi connectivity index (χ0n) is 17.7. The van der Waals surface area contributed by atoms with Crippen molar-refractivity contribution in [2.24, 2.45) is 0 Å². The summed E-state index contributed by atoms with van der Waals surface area (Å²) in [5, 5.41) is 3.66. The molecular weight excluding hydrogens is 388 g/mol. The van der Waals surface area contributed by atoms with E-state index in [0.717, 1.165) is 28.0 Å². The summed E-state index contributed by atoms with van der Waals surface area (Å²) in [4.78, 5) is 26.4. The minimum Gasteiger partial charge on any atom is -0.397 e. The van der Waals surface area contributed by atoms with Crippen LogP contribution >= 0.6 is 0 Å². The topological polar surface area (TPSA) is 99.9 Å². The van der Waals surface area contributed by atoms with Gasteiger partial charge in [0.15, 0.2) is 5.82 Å². The molecule has 0 spiro atoms. The molecule has 0 atom stereocenters. The van der Waals surface area contributed by atoms with Gasteiger partial charge in [-0.25, -0.2) is 9.97 Å². The Balaban J connectivity index is 1.74. The maximum absolute atomic E-state index is 11.3. The van der Waals surface area contributed by atoms with E-state index in [1.807, 2.05) is 55.6 Å². The number of hydrogen-bond acceptors (Lipinski definition) is 5. The number of para-hydroxylation sites is 1. The Labute approximate surface area is 181 Å². The van der Waals surface area contributed by atoms with E-state index >= 15 is 0 Å². The van der Waals surface area contributed by atoms with E-state index in [2.05, 4.69) is 27.3 Å². The van der Waals surface area contributed by atoms with Gasteiger partial charge in [0.1, 0.15) is 5.65 Å². The van der Waals surface area contributed by atoms with Gasteiger partial charge in [-0.3, -0.25) is 4.79 Å². The number of H-pyrrole nitrogens is 1. The van der Waals surface area contributed by atoms with Crippen LogP contribution in [0.25, 0.3) is 22.4 Å². The number of benzene rings is 2. The van der Waals surface area contributed by atoms with Crippen molar-refractivity contribution in [3.8, 4) is 11.4 Å². The number of nitrogens with zero attached hydrogens (tertiary/aromatic N) is 3. The first-order valence-corrected chi connectivity index (χ1v) is 10.3. The van der Waals surface area contributed by atoms with Crippen LogP contribution in [0.4, 0.5) is 11.4 Å². The van der Waals surface area contributed by atoms with Gasteiger partial charge in [0.25, 0.3) is 0 Å². The third-order valence-corrected chi connectivity index (χ3v) is 5.21. The van der Waals surface area contributed by atoms with Crippen LogP contribution in [0, 0.1) is 0 Å².